The Labute approximate surface area is 214 Å². The van der Waals surface area contributed by atoms with E-state index in [4.69, 9.17) is 9.47 Å². The van der Waals surface area contributed by atoms with Gasteiger partial charge in [-0.1, -0.05) is 30.3 Å². The van der Waals surface area contributed by atoms with Crippen molar-refractivity contribution in [3.8, 4) is 0 Å². The molecule has 2 atom stereocenters. The molecule has 0 heterocycles. The summed E-state index contributed by atoms with van der Waals surface area (Å²) in [4.78, 5) is 13.0. The van der Waals surface area contributed by atoms with E-state index in [0.717, 1.165) is 17.7 Å². The van der Waals surface area contributed by atoms with Gasteiger partial charge in [0.1, 0.15) is 5.82 Å². The fraction of sp³-hybridized carbons (Fsp3) is 0.296. The molecule has 204 valence electrons. The van der Waals surface area contributed by atoms with Crippen molar-refractivity contribution in [1.29, 1.82) is 0 Å². The first kappa shape index (κ1) is 29.3. The summed E-state index contributed by atoms with van der Waals surface area (Å²) < 4.78 is 104. The lowest BCUT2D eigenvalue weighted by molar-refractivity contribution is -0.145. The Bertz CT molecular complexity index is 1160. The summed E-state index contributed by atoms with van der Waals surface area (Å²) in [5.74, 6) is -1.38. The molecule has 38 heavy (non-hydrogen) atoms. The average Bonchev–Trinajstić information content (AvgIpc) is 2.87. The van der Waals surface area contributed by atoms with Crippen molar-refractivity contribution < 1.29 is 45.0 Å². The van der Waals surface area contributed by atoms with Crippen molar-refractivity contribution in [3.05, 3.63) is 106 Å². The molecule has 4 nitrogen and oxygen atoms in total. The number of carbonyl (C=O) groups excluding carboxylic acids is 1. The SMILES string of the molecule is C[C@@H](O[C@@H](OCCNCc1ccccc1)C(=O)c1ccc(F)cc1)c1cc(C(F)(F)F)cc(C(F)(F)F)c1. The molecule has 0 radical (unpaired) electrons. The van der Waals surface area contributed by atoms with Crippen LogP contribution in [0, 0.1) is 5.82 Å². The number of nitrogens with one attached hydrogen (secondary N) is 1. The van der Waals surface area contributed by atoms with E-state index in [0.29, 0.717) is 18.7 Å². The van der Waals surface area contributed by atoms with Crippen LogP contribution in [0.5, 0.6) is 0 Å². The minimum Gasteiger partial charge on any atom is -0.344 e. The van der Waals surface area contributed by atoms with E-state index in [2.05, 4.69) is 5.32 Å². The van der Waals surface area contributed by atoms with Gasteiger partial charge in [-0.15, -0.1) is 0 Å². The smallest absolute Gasteiger partial charge is 0.344 e. The summed E-state index contributed by atoms with van der Waals surface area (Å²) in [6.45, 7) is 1.87. The Balaban J connectivity index is 1.78. The van der Waals surface area contributed by atoms with E-state index < -0.39 is 53.0 Å². The Hall–Kier alpha value is -3.28. The van der Waals surface area contributed by atoms with Crippen molar-refractivity contribution in [2.45, 2.75) is 38.2 Å². The predicted octanol–water partition coefficient (Wildman–Crippen LogP) is 6.96. The number of rotatable bonds is 11. The molecule has 0 bridgehead atoms. The third-order valence-corrected chi connectivity index (χ3v) is 5.47. The number of alkyl halides is 6. The van der Waals surface area contributed by atoms with Crippen molar-refractivity contribution >= 4 is 5.78 Å². The van der Waals surface area contributed by atoms with Crippen molar-refractivity contribution in [2.24, 2.45) is 0 Å². The molecular formula is C27H24F7NO3. The minimum atomic E-state index is -5.04. The zero-order valence-electron chi connectivity index (χ0n) is 20.1. The molecule has 0 amide bonds. The highest BCUT2D eigenvalue weighted by atomic mass is 19.4. The highest BCUT2D eigenvalue weighted by Gasteiger charge is 2.37. The van der Waals surface area contributed by atoms with Crippen LogP contribution >= 0.6 is 0 Å². The van der Waals surface area contributed by atoms with Crippen LogP contribution < -0.4 is 5.32 Å². The van der Waals surface area contributed by atoms with Gasteiger partial charge in [-0.25, -0.2) is 4.39 Å². The Morgan fingerprint density at radius 1 is 0.868 bits per heavy atom. The number of Topliss-reactive ketones (excluding diaryl/α,β-unsaturated/α-hetero) is 1. The molecule has 3 rings (SSSR count). The quantitative estimate of drug-likeness (QED) is 0.123. The Kier molecular flexibility index (Phi) is 9.64. The van der Waals surface area contributed by atoms with E-state index in [1.54, 1.807) is 0 Å². The first-order valence-electron chi connectivity index (χ1n) is 11.5. The molecule has 0 saturated heterocycles. The van der Waals surface area contributed by atoms with Crippen LogP contribution in [0.3, 0.4) is 0 Å². The number of benzene rings is 3. The van der Waals surface area contributed by atoms with Gasteiger partial charge in [0.05, 0.1) is 23.8 Å². The lowest BCUT2D eigenvalue weighted by Crippen LogP contribution is -2.32. The third-order valence-electron chi connectivity index (χ3n) is 5.47. The Morgan fingerprint density at radius 2 is 1.45 bits per heavy atom. The molecule has 0 aliphatic heterocycles. The van der Waals surface area contributed by atoms with Gasteiger partial charge < -0.3 is 14.8 Å². The maximum absolute atomic E-state index is 13.3. The van der Waals surface area contributed by atoms with Crippen LogP contribution in [-0.4, -0.2) is 25.2 Å². The lowest BCUT2D eigenvalue weighted by Gasteiger charge is -2.24. The van der Waals surface area contributed by atoms with Crippen LogP contribution in [0.25, 0.3) is 0 Å². The van der Waals surface area contributed by atoms with Crippen LogP contribution in [0.15, 0.2) is 72.8 Å². The molecular weight excluding hydrogens is 519 g/mol. The van der Waals surface area contributed by atoms with Crippen molar-refractivity contribution in [2.75, 3.05) is 13.2 Å². The number of ether oxygens (including phenoxy) is 2. The second kappa shape index (κ2) is 12.5. The largest absolute Gasteiger partial charge is 0.416 e. The van der Waals surface area contributed by atoms with E-state index in [1.807, 2.05) is 30.3 Å². The molecule has 11 heteroatoms. The molecule has 3 aromatic carbocycles. The van der Waals surface area contributed by atoms with Crippen molar-refractivity contribution in [3.63, 3.8) is 0 Å². The van der Waals surface area contributed by atoms with Gasteiger partial charge in [-0.3, -0.25) is 4.79 Å². The van der Waals surface area contributed by atoms with Crippen molar-refractivity contribution in [1.82, 2.24) is 5.32 Å². The number of halogens is 7. The minimum absolute atomic E-state index is 0.00623. The van der Waals surface area contributed by atoms with Gasteiger partial charge in [0, 0.05) is 18.7 Å². The molecule has 0 unspecified atom stereocenters. The number of hydrogen-bond donors (Lipinski definition) is 1. The van der Waals surface area contributed by atoms with Gasteiger partial charge in [-0.05, 0) is 60.5 Å². The fourth-order valence-corrected chi connectivity index (χ4v) is 3.47. The normalized spacial score (nSPS) is 13.8. The number of ketones is 1. The molecule has 3 aromatic rings. The second-order valence-electron chi connectivity index (χ2n) is 8.35. The number of hydrogen-bond acceptors (Lipinski definition) is 4. The predicted molar refractivity (Wildman–Crippen MR) is 125 cm³/mol. The number of carbonyl (C=O) groups is 1. The summed E-state index contributed by atoms with van der Waals surface area (Å²) >= 11 is 0. The summed E-state index contributed by atoms with van der Waals surface area (Å²) in [6, 6.07) is 14.8. The molecule has 0 aromatic heterocycles. The second-order valence-corrected chi connectivity index (χ2v) is 8.35. The highest BCUT2D eigenvalue weighted by molar-refractivity contribution is 5.98. The molecule has 1 N–H and O–H groups in total. The standard InChI is InChI=1S/C27H24F7NO3/c1-17(20-13-21(26(29,30)31)15-22(14-20)27(32,33)34)38-25(24(36)19-7-9-23(28)10-8-19)37-12-11-35-16-18-5-3-2-4-6-18/h2-10,13-15,17,25,35H,11-12,16H2,1H3/t17-,25-/m1/s1. The first-order chi connectivity index (χ1) is 17.8. The molecule has 0 fully saturated rings. The van der Waals surface area contributed by atoms with E-state index in [1.165, 1.54) is 19.1 Å². The molecule has 0 spiro atoms. The van der Waals surface area contributed by atoms with Gasteiger partial charge in [0.25, 0.3) is 0 Å². The third kappa shape index (κ3) is 8.37. The van der Waals surface area contributed by atoms with Gasteiger partial charge >= 0.3 is 12.4 Å². The van der Waals surface area contributed by atoms with E-state index in [9.17, 15) is 35.5 Å². The fourth-order valence-electron chi connectivity index (χ4n) is 3.47. The van der Waals surface area contributed by atoms with E-state index in [-0.39, 0.29) is 24.8 Å². The zero-order valence-corrected chi connectivity index (χ0v) is 20.1. The summed E-state index contributed by atoms with van der Waals surface area (Å²) in [7, 11) is 0. The lowest BCUT2D eigenvalue weighted by atomic mass is 10.0. The molecule has 0 saturated carbocycles. The summed E-state index contributed by atoms with van der Waals surface area (Å²) in [6.07, 6.45) is -13.2. The van der Waals surface area contributed by atoms with Crippen LogP contribution in [0.4, 0.5) is 30.7 Å². The summed E-state index contributed by atoms with van der Waals surface area (Å²) in [5.41, 5.74) is -2.49. The Morgan fingerprint density at radius 3 is 2.00 bits per heavy atom. The van der Waals surface area contributed by atoms with Gasteiger partial charge in [-0.2, -0.15) is 26.3 Å². The monoisotopic (exact) mass is 543 g/mol. The average molecular weight is 543 g/mol. The van der Waals surface area contributed by atoms with Crippen LogP contribution in [0.1, 0.15) is 45.6 Å². The summed E-state index contributed by atoms with van der Waals surface area (Å²) in [5, 5.41) is 3.08. The van der Waals surface area contributed by atoms with Gasteiger partial charge in [0.15, 0.2) is 0 Å². The maximum Gasteiger partial charge on any atom is 0.416 e. The molecule has 0 aliphatic carbocycles. The first-order valence-corrected chi connectivity index (χ1v) is 11.5. The van der Waals surface area contributed by atoms with Crippen LogP contribution in [0.2, 0.25) is 0 Å². The zero-order chi connectivity index (χ0) is 27.9. The van der Waals surface area contributed by atoms with Gasteiger partial charge in [0.2, 0.25) is 12.1 Å². The highest BCUT2D eigenvalue weighted by Crippen LogP contribution is 2.38. The van der Waals surface area contributed by atoms with E-state index >= 15 is 0 Å². The maximum atomic E-state index is 13.3. The molecule has 0 aliphatic rings. The topological polar surface area (TPSA) is 47.6 Å². The van der Waals surface area contributed by atoms with Crippen LogP contribution in [-0.2, 0) is 28.4 Å².